The van der Waals surface area contributed by atoms with Crippen molar-refractivity contribution in [1.82, 2.24) is 0 Å². The molecule has 0 amide bonds. The second-order valence-electron chi connectivity index (χ2n) is 4.49. The molecule has 2 heteroatoms. The fourth-order valence-electron chi connectivity index (χ4n) is 1.42. The van der Waals surface area contributed by atoms with Crippen molar-refractivity contribution < 1.29 is 0 Å². The van der Waals surface area contributed by atoms with Gasteiger partial charge in [0.25, 0.3) is 0 Å². The van der Waals surface area contributed by atoms with E-state index in [9.17, 15) is 0 Å². The lowest BCUT2D eigenvalue weighted by Gasteiger charge is -2.12. The molecule has 1 atom stereocenters. The molecule has 2 N–H and O–H groups in total. The van der Waals surface area contributed by atoms with E-state index in [-0.39, 0.29) is 6.04 Å². The Hall–Kier alpha value is -0.470. The van der Waals surface area contributed by atoms with E-state index < -0.39 is 0 Å². The number of rotatable bonds is 5. The van der Waals surface area contributed by atoms with Gasteiger partial charge in [-0.3, -0.25) is 0 Å². The Labute approximate surface area is 97.4 Å². The first-order valence-corrected chi connectivity index (χ1v) is 6.54. The maximum atomic E-state index is 5.84. The smallest absolute Gasteiger partial charge is 0.0105 e. The van der Waals surface area contributed by atoms with Gasteiger partial charge >= 0.3 is 0 Å². The van der Waals surface area contributed by atoms with Crippen molar-refractivity contribution >= 4 is 11.8 Å². The van der Waals surface area contributed by atoms with Crippen LogP contribution >= 0.6 is 11.8 Å². The highest BCUT2D eigenvalue weighted by Crippen LogP contribution is 2.25. The van der Waals surface area contributed by atoms with Crippen LogP contribution in [0.25, 0.3) is 0 Å². The molecule has 0 saturated heterocycles. The summed E-state index contributed by atoms with van der Waals surface area (Å²) in [7, 11) is 0. The summed E-state index contributed by atoms with van der Waals surface area (Å²) in [6, 6.07) is 8.83. The lowest BCUT2D eigenvalue weighted by atomic mass is 10.1. The second-order valence-corrected chi connectivity index (χ2v) is 5.56. The van der Waals surface area contributed by atoms with Crippen molar-refractivity contribution in [2.45, 2.75) is 38.1 Å². The molecule has 1 nitrogen and oxygen atoms in total. The molecule has 1 aromatic rings. The predicted molar refractivity (Wildman–Crippen MR) is 69.4 cm³/mol. The molecule has 1 unspecified atom stereocenters. The molecule has 1 aromatic carbocycles. The Morgan fingerprint density at radius 2 is 1.87 bits per heavy atom. The first-order valence-electron chi connectivity index (χ1n) is 5.56. The zero-order valence-corrected chi connectivity index (χ0v) is 10.7. The number of benzene rings is 1. The fourth-order valence-corrected chi connectivity index (χ4v) is 2.44. The highest BCUT2D eigenvalue weighted by molar-refractivity contribution is 7.99. The first-order chi connectivity index (χ1) is 7.09. The van der Waals surface area contributed by atoms with Gasteiger partial charge in [0.05, 0.1) is 0 Å². The zero-order valence-electron chi connectivity index (χ0n) is 9.86. The SMILES string of the molecule is CC(C)CSc1ccccc1CC(C)N. The minimum atomic E-state index is 0.241. The summed E-state index contributed by atoms with van der Waals surface area (Å²) < 4.78 is 0. The summed E-state index contributed by atoms with van der Waals surface area (Å²) in [6.45, 7) is 6.56. The molecular weight excluding hydrogens is 202 g/mol. The van der Waals surface area contributed by atoms with Crippen LogP contribution in [0.15, 0.2) is 29.2 Å². The van der Waals surface area contributed by atoms with Crippen LogP contribution in [0.2, 0.25) is 0 Å². The van der Waals surface area contributed by atoms with Gasteiger partial charge in [-0.25, -0.2) is 0 Å². The van der Waals surface area contributed by atoms with Crippen LogP contribution in [0.3, 0.4) is 0 Å². The molecule has 0 saturated carbocycles. The Morgan fingerprint density at radius 1 is 1.20 bits per heavy atom. The maximum Gasteiger partial charge on any atom is 0.0105 e. The van der Waals surface area contributed by atoms with E-state index in [1.165, 1.54) is 16.2 Å². The van der Waals surface area contributed by atoms with Gasteiger partial charge in [0.1, 0.15) is 0 Å². The largest absolute Gasteiger partial charge is 0.328 e. The Morgan fingerprint density at radius 3 is 2.47 bits per heavy atom. The quantitative estimate of drug-likeness (QED) is 0.775. The highest BCUT2D eigenvalue weighted by atomic mass is 32.2. The monoisotopic (exact) mass is 223 g/mol. The van der Waals surface area contributed by atoms with Gasteiger partial charge in [-0.05, 0) is 30.9 Å². The van der Waals surface area contributed by atoms with Crippen LogP contribution in [0.1, 0.15) is 26.3 Å². The van der Waals surface area contributed by atoms with Gasteiger partial charge in [-0.1, -0.05) is 32.0 Å². The van der Waals surface area contributed by atoms with Crippen molar-refractivity contribution in [2.24, 2.45) is 11.7 Å². The van der Waals surface area contributed by atoms with Crippen molar-refractivity contribution in [1.29, 1.82) is 0 Å². The number of thioether (sulfide) groups is 1. The summed E-state index contributed by atoms with van der Waals surface area (Å²) in [5, 5.41) is 0. The predicted octanol–water partition coefficient (Wildman–Crippen LogP) is 3.32. The van der Waals surface area contributed by atoms with Crippen LogP contribution in [0.4, 0.5) is 0 Å². The van der Waals surface area contributed by atoms with E-state index in [1.807, 2.05) is 11.8 Å². The third-order valence-electron chi connectivity index (χ3n) is 2.09. The topological polar surface area (TPSA) is 26.0 Å². The van der Waals surface area contributed by atoms with E-state index in [2.05, 4.69) is 45.0 Å². The normalized spacial score (nSPS) is 13.1. The van der Waals surface area contributed by atoms with Gasteiger partial charge in [-0.15, -0.1) is 11.8 Å². The zero-order chi connectivity index (χ0) is 11.3. The molecular formula is C13H21NS. The minimum Gasteiger partial charge on any atom is -0.328 e. The molecule has 84 valence electrons. The van der Waals surface area contributed by atoms with Gasteiger partial charge in [0.2, 0.25) is 0 Å². The number of nitrogens with two attached hydrogens (primary N) is 1. The molecule has 0 aromatic heterocycles. The van der Waals surface area contributed by atoms with E-state index in [0.717, 1.165) is 12.3 Å². The van der Waals surface area contributed by atoms with E-state index >= 15 is 0 Å². The van der Waals surface area contributed by atoms with Crippen molar-refractivity contribution in [3.8, 4) is 0 Å². The molecule has 15 heavy (non-hydrogen) atoms. The van der Waals surface area contributed by atoms with Gasteiger partial charge in [-0.2, -0.15) is 0 Å². The summed E-state index contributed by atoms with van der Waals surface area (Å²) >= 11 is 1.94. The van der Waals surface area contributed by atoms with Crippen LogP contribution in [0.5, 0.6) is 0 Å². The van der Waals surface area contributed by atoms with Crippen molar-refractivity contribution in [2.75, 3.05) is 5.75 Å². The molecule has 0 bridgehead atoms. The average Bonchev–Trinajstić information content (AvgIpc) is 2.15. The highest BCUT2D eigenvalue weighted by Gasteiger charge is 2.05. The summed E-state index contributed by atoms with van der Waals surface area (Å²) in [4.78, 5) is 1.39. The summed E-state index contributed by atoms with van der Waals surface area (Å²) in [5.74, 6) is 1.91. The van der Waals surface area contributed by atoms with Gasteiger partial charge < -0.3 is 5.73 Å². The van der Waals surface area contributed by atoms with Crippen LogP contribution < -0.4 is 5.73 Å². The third-order valence-corrected chi connectivity index (χ3v) is 3.63. The molecule has 0 heterocycles. The van der Waals surface area contributed by atoms with Crippen LogP contribution in [0, 0.1) is 5.92 Å². The van der Waals surface area contributed by atoms with E-state index in [1.54, 1.807) is 0 Å². The Bertz CT molecular complexity index is 294. The van der Waals surface area contributed by atoms with Gasteiger partial charge in [0, 0.05) is 16.7 Å². The third kappa shape index (κ3) is 4.72. The first kappa shape index (κ1) is 12.6. The molecule has 0 fully saturated rings. The molecule has 1 rings (SSSR count). The summed E-state index contributed by atoms with van der Waals surface area (Å²) in [5.41, 5.74) is 7.23. The van der Waals surface area contributed by atoms with Crippen LogP contribution in [-0.4, -0.2) is 11.8 Å². The Kier molecular flexibility index (Phi) is 5.20. The van der Waals surface area contributed by atoms with E-state index in [4.69, 9.17) is 5.73 Å². The van der Waals surface area contributed by atoms with Crippen LogP contribution in [-0.2, 0) is 6.42 Å². The molecule has 0 aliphatic carbocycles. The molecule has 0 spiro atoms. The average molecular weight is 223 g/mol. The minimum absolute atomic E-state index is 0.241. The lowest BCUT2D eigenvalue weighted by molar-refractivity contribution is 0.727. The molecule has 0 radical (unpaired) electrons. The standard InChI is InChI=1S/C13H21NS/c1-10(2)9-15-13-7-5-4-6-12(13)8-11(3)14/h4-7,10-11H,8-9,14H2,1-3H3. The summed E-state index contributed by atoms with van der Waals surface area (Å²) in [6.07, 6.45) is 0.973. The van der Waals surface area contributed by atoms with E-state index in [0.29, 0.717) is 0 Å². The molecule has 0 aliphatic rings. The fraction of sp³-hybridized carbons (Fsp3) is 0.538. The molecule has 0 aliphatic heterocycles. The lowest BCUT2D eigenvalue weighted by Crippen LogP contribution is -2.18. The maximum absolute atomic E-state index is 5.84. The second kappa shape index (κ2) is 6.19. The number of hydrogen-bond acceptors (Lipinski definition) is 2. The number of hydrogen-bond donors (Lipinski definition) is 1. The van der Waals surface area contributed by atoms with Gasteiger partial charge in [0.15, 0.2) is 0 Å². The van der Waals surface area contributed by atoms with Crippen molar-refractivity contribution in [3.05, 3.63) is 29.8 Å². The van der Waals surface area contributed by atoms with Crippen molar-refractivity contribution in [3.63, 3.8) is 0 Å². The Balaban J connectivity index is 2.68.